The van der Waals surface area contributed by atoms with Crippen LogP contribution < -0.4 is 0 Å². The van der Waals surface area contributed by atoms with Gasteiger partial charge in [-0.1, -0.05) is 60.7 Å². The minimum atomic E-state index is 0.619. The van der Waals surface area contributed by atoms with Gasteiger partial charge in [0.1, 0.15) is 11.6 Å². The van der Waals surface area contributed by atoms with Gasteiger partial charge in [0.25, 0.3) is 0 Å². The van der Waals surface area contributed by atoms with Crippen molar-refractivity contribution < 1.29 is 9.59 Å². The van der Waals surface area contributed by atoms with Crippen LogP contribution in [0.25, 0.3) is 87.9 Å². The van der Waals surface area contributed by atoms with Crippen LogP contribution in [0.15, 0.2) is 97.1 Å². The number of aryl methyl sites for hydroxylation is 2. The fraction of sp³-hybridized carbons (Fsp3) is 0.0526. The molecule has 7 aromatic carbocycles. The second-order valence-electron chi connectivity index (χ2n) is 11.4. The topological polar surface area (TPSA) is 69.8 Å². The van der Waals surface area contributed by atoms with E-state index in [4.69, 9.17) is 9.97 Å². The van der Waals surface area contributed by atoms with Crippen molar-refractivity contribution in [3.05, 3.63) is 108 Å². The number of carbonyl (C=O) groups excluding carboxylic acids is 2. The van der Waals surface area contributed by atoms with E-state index in [0.29, 0.717) is 11.1 Å². The Morgan fingerprint density at radius 3 is 1.25 bits per heavy atom. The predicted octanol–water partition coefficient (Wildman–Crippen LogP) is 8.47. The molecule has 0 fully saturated rings. The summed E-state index contributed by atoms with van der Waals surface area (Å²) < 4.78 is 4.18. The molecule has 0 saturated carbocycles. The van der Waals surface area contributed by atoms with E-state index in [1.807, 2.05) is 74.8 Å². The smallest absolute Gasteiger partial charge is 0.150 e. The lowest BCUT2D eigenvalue weighted by Crippen LogP contribution is -1.99. The lowest BCUT2D eigenvalue weighted by atomic mass is 9.84. The van der Waals surface area contributed by atoms with Crippen molar-refractivity contribution in [2.24, 2.45) is 14.1 Å². The third-order valence-electron chi connectivity index (χ3n) is 9.28. The van der Waals surface area contributed by atoms with Crippen molar-refractivity contribution in [2.75, 3.05) is 0 Å². The maximum Gasteiger partial charge on any atom is 0.150 e. The van der Waals surface area contributed by atoms with Gasteiger partial charge in [-0.3, -0.25) is 9.59 Å². The first-order valence-corrected chi connectivity index (χ1v) is 14.5. The summed E-state index contributed by atoms with van der Waals surface area (Å²) >= 11 is 0. The number of benzene rings is 7. The van der Waals surface area contributed by atoms with Crippen molar-refractivity contribution >= 4 is 77.7 Å². The van der Waals surface area contributed by atoms with Crippen LogP contribution in [0.2, 0.25) is 0 Å². The highest BCUT2D eigenvalue weighted by Gasteiger charge is 2.23. The molecule has 44 heavy (non-hydrogen) atoms. The number of hydrogen-bond donors (Lipinski definition) is 0. The molecule has 6 heteroatoms. The zero-order valence-corrected chi connectivity index (χ0v) is 24.0. The molecular formula is C38H24N4O2. The largest absolute Gasteiger partial charge is 0.327 e. The molecule has 2 heterocycles. The molecule has 0 unspecified atom stereocenters. The minimum absolute atomic E-state index is 0.619. The van der Waals surface area contributed by atoms with Crippen molar-refractivity contribution in [2.45, 2.75) is 0 Å². The molecule has 0 aliphatic heterocycles. The third-order valence-corrected chi connectivity index (χ3v) is 9.28. The minimum Gasteiger partial charge on any atom is -0.327 e. The predicted molar refractivity (Wildman–Crippen MR) is 178 cm³/mol. The van der Waals surface area contributed by atoms with Gasteiger partial charge in [0, 0.05) is 47.1 Å². The van der Waals surface area contributed by atoms with Gasteiger partial charge in [0.15, 0.2) is 12.6 Å². The molecule has 0 aliphatic rings. The molecule has 0 N–H and O–H groups in total. The molecule has 9 rings (SSSR count). The summed E-state index contributed by atoms with van der Waals surface area (Å²) in [7, 11) is 4.03. The van der Waals surface area contributed by atoms with Gasteiger partial charge >= 0.3 is 0 Å². The van der Waals surface area contributed by atoms with E-state index in [1.165, 1.54) is 0 Å². The molecular weight excluding hydrogens is 544 g/mol. The van der Waals surface area contributed by atoms with Crippen molar-refractivity contribution in [1.29, 1.82) is 0 Å². The Labute approximate surface area is 251 Å². The molecule has 9 aromatic rings. The van der Waals surface area contributed by atoms with Gasteiger partial charge in [-0.2, -0.15) is 0 Å². The van der Waals surface area contributed by atoms with Crippen molar-refractivity contribution in [3.8, 4) is 22.8 Å². The molecule has 0 aliphatic carbocycles. The Bertz CT molecular complexity index is 2470. The number of para-hydroxylation sites is 4. The highest BCUT2D eigenvalue weighted by atomic mass is 16.1. The summed E-state index contributed by atoms with van der Waals surface area (Å²) in [6.45, 7) is 0. The van der Waals surface area contributed by atoms with Crippen LogP contribution in [-0.4, -0.2) is 31.7 Å². The Morgan fingerprint density at radius 1 is 0.477 bits per heavy atom. The van der Waals surface area contributed by atoms with Gasteiger partial charge in [0.2, 0.25) is 0 Å². The second-order valence-corrected chi connectivity index (χ2v) is 11.4. The van der Waals surface area contributed by atoms with Gasteiger partial charge < -0.3 is 9.13 Å². The van der Waals surface area contributed by atoms with E-state index in [1.54, 1.807) is 0 Å². The van der Waals surface area contributed by atoms with Gasteiger partial charge in [-0.15, -0.1) is 0 Å². The standard InChI is InChI=1S/C38H24N4O2/c1-41-31-9-5-3-7-29(31)39-37(41)27-17-15-25-24-14-12-22(20-44)34-28(38-40-30-8-4-6-10-32(30)42(38)2)18-16-26(36(24)34)23-13-11-21(19-43)33(27)35(23)25/h3-20H,1-2H3. The van der Waals surface area contributed by atoms with E-state index >= 15 is 0 Å². The number of aromatic nitrogens is 4. The highest BCUT2D eigenvalue weighted by Crippen LogP contribution is 2.46. The van der Waals surface area contributed by atoms with E-state index in [2.05, 4.69) is 45.5 Å². The summed E-state index contributed by atoms with van der Waals surface area (Å²) in [6, 6.07) is 32.4. The zero-order valence-electron chi connectivity index (χ0n) is 24.0. The first-order chi connectivity index (χ1) is 21.6. The number of rotatable bonds is 4. The fourth-order valence-corrected chi connectivity index (χ4v) is 7.28. The number of hydrogen-bond acceptors (Lipinski definition) is 4. The fourth-order valence-electron chi connectivity index (χ4n) is 7.28. The molecule has 208 valence electrons. The Hall–Kier alpha value is -5.88. The number of carbonyl (C=O) groups is 2. The Morgan fingerprint density at radius 2 is 0.864 bits per heavy atom. The molecule has 6 nitrogen and oxygen atoms in total. The zero-order chi connectivity index (χ0) is 29.7. The molecule has 0 spiro atoms. The van der Waals surface area contributed by atoms with E-state index in [0.717, 1.165) is 101 Å². The van der Waals surface area contributed by atoms with Crippen LogP contribution in [0.5, 0.6) is 0 Å². The molecule has 0 amide bonds. The molecule has 0 bridgehead atoms. The maximum atomic E-state index is 12.5. The maximum absolute atomic E-state index is 12.5. The van der Waals surface area contributed by atoms with Gasteiger partial charge in [0.05, 0.1) is 22.1 Å². The average molecular weight is 569 g/mol. The van der Waals surface area contributed by atoms with E-state index in [-0.39, 0.29) is 0 Å². The van der Waals surface area contributed by atoms with Gasteiger partial charge in [-0.25, -0.2) is 9.97 Å². The van der Waals surface area contributed by atoms with Crippen LogP contribution in [0.4, 0.5) is 0 Å². The van der Waals surface area contributed by atoms with Gasteiger partial charge in [-0.05, 0) is 68.7 Å². The van der Waals surface area contributed by atoms with E-state index in [9.17, 15) is 9.59 Å². The Kier molecular flexibility index (Phi) is 4.95. The summed E-state index contributed by atoms with van der Waals surface area (Å²) in [5.41, 5.74) is 6.93. The van der Waals surface area contributed by atoms with Crippen LogP contribution in [0, 0.1) is 0 Å². The Balaban J connectivity index is 1.45. The number of fused-ring (bicyclic) bond motifs is 4. The molecule has 0 atom stereocenters. The van der Waals surface area contributed by atoms with Crippen LogP contribution in [0.3, 0.4) is 0 Å². The van der Waals surface area contributed by atoms with Crippen molar-refractivity contribution in [3.63, 3.8) is 0 Å². The normalized spacial score (nSPS) is 12.0. The first kappa shape index (κ1) is 24.7. The van der Waals surface area contributed by atoms with Crippen LogP contribution in [-0.2, 0) is 14.1 Å². The van der Waals surface area contributed by atoms with Crippen LogP contribution in [0.1, 0.15) is 20.7 Å². The summed E-state index contributed by atoms with van der Waals surface area (Å²) in [5.74, 6) is 1.62. The lowest BCUT2D eigenvalue weighted by molar-refractivity contribution is 0.111. The number of aldehydes is 2. The highest BCUT2D eigenvalue weighted by molar-refractivity contribution is 6.37. The number of imidazole rings is 2. The monoisotopic (exact) mass is 568 g/mol. The quantitative estimate of drug-likeness (QED) is 0.121. The van der Waals surface area contributed by atoms with Crippen LogP contribution >= 0.6 is 0 Å². The summed E-state index contributed by atoms with van der Waals surface area (Å²) in [5, 5.41) is 7.90. The first-order valence-electron chi connectivity index (χ1n) is 14.5. The number of nitrogens with zero attached hydrogens (tertiary/aromatic N) is 4. The second kappa shape index (κ2) is 8.82. The third kappa shape index (κ3) is 3.09. The molecule has 0 saturated heterocycles. The lowest BCUT2D eigenvalue weighted by Gasteiger charge is -2.19. The summed E-state index contributed by atoms with van der Waals surface area (Å²) in [6.07, 6.45) is 1.87. The average Bonchev–Trinajstić information content (AvgIpc) is 3.59. The van der Waals surface area contributed by atoms with Crippen molar-refractivity contribution in [1.82, 2.24) is 19.1 Å². The summed E-state index contributed by atoms with van der Waals surface area (Å²) in [4.78, 5) is 35.1. The molecule has 2 aromatic heterocycles. The SMILES string of the molecule is Cn1c(-c2ccc3c4ccc(C=O)c5c(-c6nc7ccccc7n6C)ccc(c6ccc(C=O)c2c63)c54)nc2ccccc21. The van der Waals surface area contributed by atoms with E-state index < -0.39 is 0 Å². The molecule has 0 radical (unpaired) electrons.